The molecule has 0 bridgehead atoms. The van der Waals surface area contributed by atoms with Gasteiger partial charge in [0.05, 0.1) is 12.7 Å². The molecule has 1 fully saturated rings. The Hall–Kier alpha value is -0.0100. The van der Waals surface area contributed by atoms with Crippen LogP contribution in [0.1, 0.15) is 6.42 Å². The molecule has 0 radical (unpaired) electrons. The van der Waals surface area contributed by atoms with Crippen LogP contribution in [-0.2, 0) is 13.8 Å². The summed E-state index contributed by atoms with van der Waals surface area (Å²) < 4.78 is 19.1. The molecule has 0 aromatic heterocycles. The summed E-state index contributed by atoms with van der Waals surface area (Å²) in [6, 6.07) is 0. The Morgan fingerprint density at radius 2 is 2.08 bits per heavy atom. The summed E-state index contributed by atoms with van der Waals surface area (Å²) in [5, 5.41) is 18.0. The highest BCUT2D eigenvalue weighted by Gasteiger charge is 2.34. The zero-order valence-electron chi connectivity index (χ0n) is 6.61. The highest BCUT2D eigenvalue weighted by molar-refractivity contribution is 7.46. The third-order valence-corrected chi connectivity index (χ3v) is 2.10. The fraction of sp³-hybridized carbons (Fsp3) is 1.00. The SMILES string of the molecule is O=P(O)(O)OC[C@H]1O[C@H](O)C[C@@H]1O. The Morgan fingerprint density at radius 1 is 1.46 bits per heavy atom. The van der Waals surface area contributed by atoms with Crippen molar-refractivity contribution in [1.82, 2.24) is 0 Å². The lowest BCUT2D eigenvalue weighted by Gasteiger charge is -2.13. The second-order valence-electron chi connectivity index (χ2n) is 2.72. The number of phosphoric ester groups is 1. The van der Waals surface area contributed by atoms with Crippen LogP contribution in [0.3, 0.4) is 0 Å². The van der Waals surface area contributed by atoms with E-state index in [2.05, 4.69) is 4.52 Å². The zero-order chi connectivity index (χ0) is 10.1. The molecular formula is C5H11O7P. The maximum atomic E-state index is 10.2. The molecule has 7 nitrogen and oxygen atoms in total. The minimum Gasteiger partial charge on any atom is -0.390 e. The van der Waals surface area contributed by atoms with Gasteiger partial charge in [0.2, 0.25) is 0 Å². The normalized spacial score (nSPS) is 35.2. The summed E-state index contributed by atoms with van der Waals surface area (Å²) in [6.07, 6.45) is -2.92. The van der Waals surface area contributed by atoms with Crippen molar-refractivity contribution in [3.05, 3.63) is 0 Å². The number of ether oxygens (including phenoxy) is 1. The van der Waals surface area contributed by atoms with Gasteiger partial charge in [-0.1, -0.05) is 0 Å². The van der Waals surface area contributed by atoms with Crippen LogP contribution < -0.4 is 0 Å². The van der Waals surface area contributed by atoms with E-state index in [4.69, 9.17) is 24.7 Å². The lowest BCUT2D eigenvalue weighted by Crippen LogP contribution is -2.25. The minimum absolute atomic E-state index is 0.0230. The van der Waals surface area contributed by atoms with E-state index in [-0.39, 0.29) is 6.42 Å². The molecule has 1 saturated heterocycles. The van der Waals surface area contributed by atoms with Crippen molar-refractivity contribution in [2.45, 2.75) is 24.9 Å². The largest absolute Gasteiger partial charge is 0.469 e. The molecule has 0 amide bonds. The second kappa shape index (κ2) is 4.02. The van der Waals surface area contributed by atoms with Crippen LogP contribution in [0.2, 0.25) is 0 Å². The van der Waals surface area contributed by atoms with Gasteiger partial charge in [0.15, 0.2) is 6.29 Å². The Morgan fingerprint density at radius 3 is 2.46 bits per heavy atom. The van der Waals surface area contributed by atoms with Crippen molar-refractivity contribution in [2.24, 2.45) is 0 Å². The standard InChI is InChI=1S/C5H11O7P/c6-3-1-5(7)12-4(3)2-11-13(8,9)10/h3-7H,1-2H2,(H2,8,9,10)/t3-,4+,5-/m0/s1. The number of rotatable bonds is 3. The lowest BCUT2D eigenvalue weighted by atomic mass is 10.2. The highest BCUT2D eigenvalue weighted by Crippen LogP contribution is 2.36. The molecule has 1 rings (SSSR count). The number of phosphoric acid groups is 1. The number of aliphatic hydroxyl groups excluding tert-OH is 2. The number of aliphatic hydroxyl groups is 2. The molecule has 0 unspecified atom stereocenters. The summed E-state index contributed by atoms with van der Waals surface area (Å²) in [7, 11) is -4.54. The van der Waals surface area contributed by atoms with Gasteiger partial charge in [0.1, 0.15) is 6.10 Å². The molecule has 0 spiro atoms. The molecular weight excluding hydrogens is 203 g/mol. The molecule has 13 heavy (non-hydrogen) atoms. The topological polar surface area (TPSA) is 116 Å². The molecule has 3 atom stereocenters. The highest BCUT2D eigenvalue weighted by atomic mass is 31.2. The van der Waals surface area contributed by atoms with Crippen molar-refractivity contribution in [3.63, 3.8) is 0 Å². The molecule has 1 aliphatic rings. The molecule has 1 heterocycles. The van der Waals surface area contributed by atoms with E-state index in [0.717, 1.165) is 0 Å². The molecule has 0 aliphatic carbocycles. The van der Waals surface area contributed by atoms with E-state index in [9.17, 15) is 4.57 Å². The molecule has 78 valence electrons. The van der Waals surface area contributed by atoms with E-state index < -0.39 is 32.9 Å². The molecule has 4 N–H and O–H groups in total. The Bertz CT molecular complexity index is 213. The number of hydrogen-bond acceptors (Lipinski definition) is 5. The average Bonchev–Trinajstić information content (AvgIpc) is 2.24. The zero-order valence-corrected chi connectivity index (χ0v) is 7.50. The van der Waals surface area contributed by atoms with Gasteiger partial charge in [0.25, 0.3) is 0 Å². The van der Waals surface area contributed by atoms with E-state index in [1.807, 2.05) is 0 Å². The second-order valence-corrected chi connectivity index (χ2v) is 3.96. The van der Waals surface area contributed by atoms with E-state index >= 15 is 0 Å². The molecule has 0 aromatic carbocycles. The van der Waals surface area contributed by atoms with Gasteiger partial charge in [-0.15, -0.1) is 0 Å². The van der Waals surface area contributed by atoms with E-state index in [0.29, 0.717) is 0 Å². The minimum atomic E-state index is -4.54. The fourth-order valence-corrected chi connectivity index (χ4v) is 1.37. The first-order chi connectivity index (χ1) is 5.88. The third-order valence-electron chi connectivity index (χ3n) is 1.61. The average molecular weight is 214 g/mol. The predicted octanol–water partition coefficient (Wildman–Crippen LogP) is -1.44. The maximum absolute atomic E-state index is 10.2. The number of hydrogen-bond donors (Lipinski definition) is 4. The van der Waals surface area contributed by atoms with Crippen LogP contribution in [0.15, 0.2) is 0 Å². The summed E-state index contributed by atoms with van der Waals surface area (Å²) in [5.41, 5.74) is 0. The molecule has 8 heteroatoms. The first-order valence-electron chi connectivity index (χ1n) is 3.60. The smallest absolute Gasteiger partial charge is 0.390 e. The van der Waals surface area contributed by atoms with Crippen molar-refractivity contribution in [2.75, 3.05) is 6.61 Å². The summed E-state index contributed by atoms with van der Waals surface area (Å²) in [4.78, 5) is 16.6. The van der Waals surface area contributed by atoms with E-state index in [1.165, 1.54) is 0 Å². The quantitative estimate of drug-likeness (QED) is 0.425. The van der Waals surface area contributed by atoms with Gasteiger partial charge in [0, 0.05) is 6.42 Å². The molecule has 0 saturated carbocycles. The van der Waals surface area contributed by atoms with Crippen LogP contribution in [0.5, 0.6) is 0 Å². The Labute approximate surface area is 74.1 Å². The van der Waals surface area contributed by atoms with Crippen molar-refractivity contribution < 1.29 is 33.8 Å². The van der Waals surface area contributed by atoms with Crippen LogP contribution in [0.25, 0.3) is 0 Å². The lowest BCUT2D eigenvalue weighted by molar-refractivity contribution is -0.106. The summed E-state index contributed by atoms with van der Waals surface area (Å²) in [5.74, 6) is 0. The monoisotopic (exact) mass is 214 g/mol. The summed E-state index contributed by atoms with van der Waals surface area (Å²) >= 11 is 0. The Balaban J connectivity index is 2.34. The van der Waals surface area contributed by atoms with Crippen LogP contribution in [-0.4, -0.2) is 45.1 Å². The van der Waals surface area contributed by atoms with Crippen LogP contribution >= 0.6 is 7.82 Å². The van der Waals surface area contributed by atoms with E-state index in [1.54, 1.807) is 0 Å². The first kappa shape index (κ1) is 11.1. The predicted molar refractivity (Wildman–Crippen MR) is 39.5 cm³/mol. The van der Waals surface area contributed by atoms with Crippen molar-refractivity contribution in [1.29, 1.82) is 0 Å². The van der Waals surface area contributed by atoms with Crippen LogP contribution in [0.4, 0.5) is 0 Å². The first-order valence-corrected chi connectivity index (χ1v) is 5.13. The summed E-state index contributed by atoms with van der Waals surface area (Å²) in [6.45, 7) is -0.442. The van der Waals surface area contributed by atoms with Gasteiger partial charge in [-0.05, 0) is 0 Å². The van der Waals surface area contributed by atoms with Crippen molar-refractivity contribution in [3.8, 4) is 0 Å². The van der Waals surface area contributed by atoms with Gasteiger partial charge in [-0.25, -0.2) is 4.57 Å². The van der Waals surface area contributed by atoms with Gasteiger partial charge in [-0.3, -0.25) is 4.52 Å². The molecule has 1 aliphatic heterocycles. The fourth-order valence-electron chi connectivity index (χ4n) is 1.03. The Kier molecular flexibility index (Phi) is 3.42. The van der Waals surface area contributed by atoms with Gasteiger partial charge >= 0.3 is 7.82 Å². The van der Waals surface area contributed by atoms with Crippen molar-refractivity contribution >= 4 is 7.82 Å². The maximum Gasteiger partial charge on any atom is 0.469 e. The molecule has 0 aromatic rings. The van der Waals surface area contributed by atoms with Gasteiger partial charge in [-0.2, -0.15) is 0 Å². The van der Waals surface area contributed by atoms with Gasteiger partial charge < -0.3 is 24.7 Å². The van der Waals surface area contributed by atoms with Crippen LogP contribution in [0, 0.1) is 0 Å². The third kappa shape index (κ3) is 3.70.